The molecule has 18 heavy (non-hydrogen) atoms. The van der Waals surface area contributed by atoms with Crippen molar-refractivity contribution < 1.29 is 0 Å². The molecule has 2 aliphatic rings. The second kappa shape index (κ2) is 3.85. The number of hydrogen-bond acceptors (Lipinski definition) is 3. The summed E-state index contributed by atoms with van der Waals surface area (Å²) < 4.78 is 1.76. The minimum absolute atomic E-state index is 0.530. The second-order valence-corrected chi connectivity index (χ2v) is 5.79. The largest absolute Gasteiger partial charge is 0.368 e. The SMILES string of the molecule is Clc1cc(N2CC(C3CCC3)C2)c2nccn2n1. The molecule has 0 radical (unpaired) electrons. The number of hydrogen-bond donors (Lipinski definition) is 0. The second-order valence-electron chi connectivity index (χ2n) is 5.40. The van der Waals surface area contributed by atoms with Gasteiger partial charge in [-0.25, -0.2) is 9.50 Å². The van der Waals surface area contributed by atoms with E-state index in [-0.39, 0.29) is 0 Å². The lowest BCUT2D eigenvalue weighted by Crippen LogP contribution is -2.51. The van der Waals surface area contributed by atoms with E-state index in [9.17, 15) is 0 Å². The van der Waals surface area contributed by atoms with Gasteiger partial charge in [0.1, 0.15) is 0 Å². The average molecular weight is 263 g/mol. The molecule has 2 fully saturated rings. The lowest BCUT2D eigenvalue weighted by molar-refractivity contribution is 0.173. The van der Waals surface area contributed by atoms with E-state index < -0.39 is 0 Å². The smallest absolute Gasteiger partial charge is 0.177 e. The molecule has 0 atom stereocenters. The van der Waals surface area contributed by atoms with Crippen LogP contribution < -0.4 is 4.90 Å². The minimum atomic E-state index is 0.530. The molecule has 5 heteroatoms. The van der Waals surface area contributed by atoms with Gasteiger partial charge in [-0.2, -0.15) is 5.10 Å². The molecular formula is C13H15ClN4. The van der Waals surface area contributed by atoms with Crippen molar-refractivity contribution in [2.75, 3.05) is 18.0 Å². The molecule has 0 N–H and O–H groups in total. The molecule has 2 aromatic heterocycles. The predicted molar refractivity (Wildman–Crippen MR) is 71.0 cm³/mol. The highest BCUT2D eigenvalue weighted by molar-refractivity contribution is 6.29. The summed E-state index contributed by atoms with van der Waals surface area (Å²) in [5, 5.41) is 4.74. The topological polar surface area (TPSA) is 33.4 Å². The maximum atomic E-state index is 6.06. The van der Waals surface area contributed by atoms with Crippen LogP contribution in [0, 0.1) is 11.8 Å². The predicted octanol–water partition coefficient (Wildman–Crippen LogP) is 2.62. The number of imidazole rings is 1. The molecule has 1 saturated carbocycles. The Bertz CT molecular complexity index is 584. The van der Waals surface area contributed by atoms with E-state index in [1.165, 1.54) is 19.3 Å². The van der Waals surface area contributed by atoms with E-state index in [0.717, 1.165) is 36.3 Å². The van der Waals surface area contributed by atoms with Crippen molar-refractivity contribution in [3.8, 4) is 0 Å². The van der Waals surface area contributed by atoms with Crippen LogP contribution >= 0.6 is 11.6 Å². The normalized spacial score (nSPS) is 21.1. The fraction of sp³-hybridized carbons (Fsp3) is 0.538. The van der Waals surface area contributed by atoms with Crippen molar-refractivity contribution in [1.82, 2.24) is 14.6 Å². The Morgan fingerprint density at radius 1 is 1.22 bits per heavy atom. The lowest BCUT2D eigenvalue weighted by Gasteiger charge is -2.47. The van der Waals surface area contributed by atoms with E-state index in [1.807, 2.05) is 12.3 Å². The summed E-state index contributed by atoms with van der Waals surface area (Å²) in [7, 11) is 0. The Morgan fingerprint density at radius 2 is 2.06 bits per heavy atom. The summed E-state index contributed by atoms with van der Waals surface area (Å²) in [4.78, 5) is 6.74. The fourth-order valence-corrected chi connectivity index (χ4v) is 3.21. The first kappa shape index (κ1) is 10.6. The number of fused-ring (bicyclic) bond motifs is 1. The maximum Gasteiger partial charge on any atom is 0.177 e. The number of halogens is 1. The molecule has 0 bridgehead atoms. The molecule has 4 nitrogen and oxygen atoms in total. The van der Waals surface area contributed by atoms with E-state index in [4.69, 9.17) is 11.6 Å². The minimum Gasteiger partial charge on any atom is -0.368 e. The fourth-order valence-electron chi connectivity index (χ4n) is 3.02. The highest BCUT2D eigenvalue weighted by Gasteiger charge is 2.37. The summed E-state index contributed by atoms with van der Waals surface area (Å²) in [5.74, 6) is 1.84. The number of aromatic nitrogens is 3. The van der Waals surface area contributed by atoms with Crippen LogP contribution in [0.5, 0.6) is 0 Å². The van der Waals surface area contributed by atoms with E-state index in [2.05, 4.69) is 15.0 Å². The van der Waals surface area contributed by atoms with Crippen molar-refractivity contribution in [3.05, 3.63) is 23.6 Å². The van der Waals surface area contributed by atoms with Crippen LogP contribution in [0.1, 0.15) is 19.3 Å². The van der Waals surface area contributed by atoms with Crippen molar-refractivity contribution in [2.24, 2.45) is 11.8 Å². The first-order valence-electron chi connectivity index (χ1n) is 6.56. The third-order valence-electron chi connectivity index (χ3n) is 4.38. The van der Waals surface area contributed by atoms with E-state index in [1.54, 1.807) is 10.7 Å². The number of nitrogens with zero attached hydrogens (tertiary/aromatic N) is 4. The Balaban J connectivity index is 1.61. The molecule has 0 unspecified atom stereocenters. The molecule has 0 spiro atoms. The Kier molecular flexibility index (Phi) is 2.27. The average Bonchev–Trinajstić information content (AvgIpc) is 2.66. The van der Waals surface area contributed by atoms with Gasteiger partial charge in [0.25, 0.3) is 0 Å². The third-order valence-corrected chi connectivity index (χ3v) is 4.56. The highest BCUT2D eigenvalue weighted by atomic mass is 35.5. The van der Waals surface area contributed by atoms with Gasteiger partial charge in [-0.1, -0.05) is 30.9 Å². The Hall–Kier alpha value is -1.29. The summed E-state index contributed by atoms with van der Waals surface area (Å²) in [6.45, 7) is 2.29. The number of rotatable bonds is 2. The molecule has 3 heterocycles. The molecule has 4 rings (SSSR count). The van der Waals surface area contributed by atoms with Gasteiger partial charge < -0.3 is 4.90 Å². The van der Waals surface area contributed by atoms with Gasteiger partial charge in [0.15, 0.2) is 10.8 Å². The maximum absolute atomic E-state index is 6.06. The lowest BCUT2D eigenvalue weighted by atomic mass is 9.72. The van der Waals surface area contributed by atoms with Crippen LogP contribution in [0.15, 0.2) is 18.5 Å². The van der Waals surface area contributed by atoms with Gasteiger partial charge >= 0.3 is 0 Å². The molecular weight excluding hydrogens is 248 g/mol. The van der Waals surface area contributed by atoms with Gasteiger partial charge in [-0.15, -0.1) is 0 Å². The summed E-state index contributed by atoms with van der Waals surface area (Å²) >= 11 is 6.06. The molecule has 1 saturated heterocycles. The van der Waals surface area contributed by atoms with Gasteiger partial charge in [0.2, 0.25) is 0 Å². The molecule has 1 aliphatic carbocycles. The molecule has 94 valence electrons. The van der Waals surface area contributed by atoms with E-state index >= 15 is 0 Å². The highest BCUT2D eigenvalue weighted by Crippen LogP contribution is 2.40. The zero-order chi connectivity index (χ0) is 12.1. The van der Waals surface area contributed by atoms with Gasteiger partial charge in [0.05, 0.1) is 5.69 Å². The quantitative estimate of drug-likeness (QED) is 0.834. The van der Waals surface area contributed by atoms with Crippen molar-refractivity contribution in [1.29, 1.82) is 0 Å². The first-order valence-corrected chi connectivity index (χ1v) is 6.94. The Labute approximate surface area is 111 Å². The van der Waals surface area contributed by atoms with Gasteiger partial charge in [-0.05, 0) is 11.8 Å². The van der Waals surface area contributed by atoms with Gasteiger partial charge in [-0.3, -0.25) is 0 Å². The summed E-state index contributed by atoms with van der Waals surface area (Å²) in [5.41, 5.74) is 2.03. The third kappa shape index (κ3) is 1.52. The van der Waals surface area contributed by atoms with Crippen LogP contribution in [-0.4, -0.2) is 27.7 Å². The molecule has 1 aliphatic heterocycles. The first-order chi connectivity index (χ1) is 8.81. The summed E-state index contributed by atoms with van der Waals surface area (Å²) in [6, 6.07) is 1.93. The van der Waals surface area contributed by atoms with Crippen LogP contribution in [0.4, 0.5) is 5.69 Å². The van der Waals surface area contributed by atoms with Crippen LogP contribution in [0.2, 0.25) is 5.15 Å². The van der Waals surface area contributed by atoms with Crippen LogP contribution in [0.25, 0.3) is 5.65 Å². The Morgan fingerprint density at radius 3 is 2.78 bits per heavy atom. The standard InChI is InChI=1S/C13H15ClN4/c14-12-6-11(13-15-4-5-18(13)16-12)17-7-10(8-17)9-2-1-3-9/h4-6,9-10H,1-3,7-8H2. The zero-order valence-electron chi connectivity index (χ0n) is 10.1. The van der Waals surface area contributed by atoms with Crippen molar-refractivity contribution in [2.45, 2.75) is 19.3 Å². The summed E-state index contributed by atoms with van der Waals surface area (Å²) in [6.07, 6.45) is 7.88. The van der Waals surface area contributed by atoms with Crippen LogP contribution in [-0.2, 0) is 0 Å². The molecule has 0 aromatic carbocycles. The van der Waals surface area contributed by atoms with Crippen LogP contribution in [0.3, 0.4) is 0 Å². The van der Waals surface area contributed by atoms with E-state index in [0.29, 0.717) is 5.15 Å². The molecule has 2 aromatic rings. The van der Waals surface area contributed by atoms with Crippen molar-refractivity contribution in [3.63, 3.8) is 0 Å². The van der Waals surface area contributed by atoms with Crippen molar-refractivity contribution >= 4 is 22.9 Å². The monoisotopic (exact) mass is 262 g/mol. The van der Waals surface area contributed by atoms with Gasteiger partial charge in [0, 0.05) is 31.5 Å². The molecule has 0 amide bonds. The number of anilines is 1. The zero-order valence-corrected chi connectivity index (χ0v) is 10.8.